The highest BCUT2D eigenvalue weighted by atomic mass is 16.6. The van der Waals surface area contributed by atoms with Crippen molar-refractivity contribution in [2.75, 3.05) is 19.8 Å². The van der Waals surface area contributed by atoms with Crippen LogP contribution in [0.15, 0.2) is 18.2 Å². The molecule has 0 aromatic heterocycles. The van der Waals surface area contributed by atoms with Gasteiger partial charge in [-0.3, -0.25) is 0 Å². The Hall–Kier alpha value is -1.66. The van der Waals surface area contributed by atoms with Gasteiger partial charge in [-0.05, 0) is 25.5 Å². The summed E-state index contributed by atoms with van der Waals surface area (Å²) in [5.41, 5.74) is 1.15. The molecule has 1 heterocycles. The molecule has 1 aromatic rings. The topological polar surface area (TPSA) is 30.5 Å². The molecule has 0 saturated heterocycles. The molecular formula is C16H21NO2. The first-order valence-corrected chi connectivity index (χ1v) is 6.92. The lowest BCUT2D eigenvalue weighted by molar-refractivity contribution is 0.168. The number of rotatable bonds is 6. The molecule has 0 saturated carbocycles. The van der Waals surface area contributed by atoms with E-state index in [1.807, 2.05) is 12.1 Å². The molecule has 0 fully saturated rings. The van der Waals surface area contributed by atoms with Crippen LogP contribution in [-0.4, -0.2) is 19.8 Å². The van der Waals surface area contributed by atoms with Gasteiger partial charge in [-0.15, -0.1) is 12.3 Å². The van der Waals surface area contributed by atoms with Crippen molar-refractivity contribution in [1.82, 2.24) is 5.32 Å². The van der Waals surface area contributed by atoms with E-state index in [2.05, 4.69) is 24.2 Å². The molecule has 1 aliphatic heterocycles. The lowest BCUT2D eigenvalue weighted by Gasteiger charge is -2.25. The van der Waals surface area contributed by atoms with Gasteiger partial charge in [0.2, 0.25) is 0 Å². The highest BCUT2D eigenvalue weighted by molar-refractivity contribution is 5.49. The Labute approximate surface area is 115 Å². The Morgan fingerprint density at radius 3 is 3.00 bits per heavy atom. The number of terminal acetylenes is 1. The summed E-state index contributed by atoms with van der Waals surface area (Å²) < 4.78 is 11.4. The second-order valence-corrected chi connectivity index (χ2v) is 4.62. The van der Waals surface area contributed by atoms with Gasteiger partial charge in [0.1, 0.15) is 13.2 Å². The minimum atomic E-state index is 0.229. The van der Waals surface area contributed by atoms with E-state index in [-0.39, 0.29) is 6.04 Å². The van der Waals surface area contributed by atoms with Crippen molar-refractivity contribution < 1.29 is 9.47 Å². The normalized spacial score (nSPS) is 14.7. The molecule has 0 bridgehead atoms. The van der Waals surface area contributed by atoms with Crippen LogP contribution in [0.2, 0.25) is 0 Å². The molecule has 0 spiro atoms. The molecule has 1 N–H and O–H groups in total. The van der Waals surface area contributed by atoms with Gasteiger partial charge in [0, 0.05) is 18.0 Å². The molecule has 0 amide bonds. The highest BCUT2D eigenvalue weighted by Gasteiger charge is 2.21. The van der Waals surface area contributed by atoms with Gasteiger partial charge in [0.05, 0.1) is 0 Å². The highest BCUT2D eigenvalue weighted by Crippen LogP contribution is 2.38. The van der Waals surface area contributed by atoms with Crippen LogP contribution >= 0.6 is 0 Å². The van der Waals surface area contributed by atoms with Crippen molar-refractivity contribution in [1.29, 1.82) is 0 Å². The summed E-state index contributed by atoms with van der Waals surface area (Å²) in [6, 6.07) is 6.29. The van der Waals surface area contributed by atoms with E-state index in [1.54, 1.807) is 0 Å². The average molecular weight is 259 g/mol. The fraction of sp³-hybridized carbons (Fsp3) is 0.500. The second-order valence-electron chi connectivity index (χ2n) is 4.62. The van der Waals surface area contributed by atoms with Gasteiger partial charge in [-0.2, -0.15) is 0 Å². The van der Waals surface area contributed by atoms with Gasteiger partial charge in [-0.25, -0.2) is 0 Å². The molecular weight excluding hydrogens is 238 g/mol. The first kappa shape index (κ1) is 13.8. The van der Waals surface area contributed by atoms with Crippen LogP contribution in [0.25, 0.3) is 0 Å². The van der Waals surface area contributed by atoms with Gasteiger partial charge in [0.15, 0.2) is 11.5 Å². The zero-order valence-electron chi connectivity index (χ0n) is 11.4. The molecule has 1 atom stereocenters. The molecule has 102 valence electrons. The Balaban J connectivity index is 2.22. The van der Waals surface area contributed by atoms with Crippen LogP contribution in [-0.2, 0) is 0 Å². The monoisotopic (exact) mass is 259 g/mol. The van der Waals surface area contributed by atoms with Crippen molar-refractivity contribution >= 4 is 0 Å². The Morgan fingerprint density at radius 2 is 2.21 bits per heavy atom. The van der Waals surface area contributed by atoms with Crippen LogP contribution in [0, 0.1) is 12.3 Å². The van der Waals surface area contributed by atoms with E-state index in [0.717, 1.165) is 42.9 Å². The van der Waals surface area contributed by atoms with Crippen molar-refractivity contribution in [2.24, 2.45) is 0 Å². The van der Waals surface area contributed by atoms with Crippen molar-refractivity contribution in [3.63, 3.8) is 0 Å². The van der Waals surface area contributed by atoms with Crippen molar-refractivity contribution in [2.45, 2.75) is 32.2 Å². The fourth-order valence-electron chi connectivity index (χ4n) is 2.28. The summed E-state index contributed by atoms with van der Waals surface area (Å²) in [7, 11) is 0. The Bertz CT molecular complexity index is 451. The van der Waals surface area contributed by atoms with Crippen LogP contribution in [0.4, 0.5) is 0 Å². The summed E-state index contributed by atoms with van der Waals surface area (Å²) >= 11 is 0. The first-order valence-electron chi connectivity index (χ1n) is 6.92. The molecule has 0 radical (unpaired) electrons. The predicted octanol–water partition coefficient (Wildman–Crippen LogP) is 2.91. The van der Waals surface area contributed by atoms with E-state index in [1.165, 1.54) is 0 Å². The van der Waals surface area contributed by atoms with E-state index < -0.39 is 0 Å². The second kappa shape index (κ2) is 7.06. The predicted molar refractivity (Wildman–Crippen MR) is 76.5 cm³/mol. The maximum atomic E-state index is 5.78. The fourth-order valence-corrected chi connectivity index (χ4v) is 2.28. The number of fused-ring (bicyclic) bond motifs is 1. The quantitative estimate of drug-likeness (QED) is 0.797. The minimum absolute atomic E-state index is 0.229. The molecule has 1 aromatic carbocycles. The number of hydrogen-bond acceptors (Lipinski definition) is 3. The molecule has 19 heavy (non-hydrogen) atoms. The maximum absolute atomic E-state index is 5.78. The molecule has 1 unspecified atom stereocenters. The number of ether oxygens (including phenoxy) is 2. The zero-order valence-corrected chi connectivity index (χ0v) is 11.4. The van der Waals surface area contributed by atoms with Gasteiger partial charge in [-0.1, -0.05) is 19.1 Å². The zero-order chi connectivity index (χ0) is 13.5. The number of nitrogens with one attached hydrogen (secondary N) is 1. The standard InChI is InChI=1S/C16H21NO2/c1-3-5-8-14(17-10-4-2)13-7-6-9-15-16(13)19-12-11-18-15/h1,6-7,9,14,17H,4-5,8,10-12H2,2H3. The summed E-state index contributed by atoms with van der Waals surface area (Å²) in [5.74, 6) is 4.43. The summed E-state index contributed by atoms with van der Waals surface area (Å²) in [6.07, 6.45) is 8.15. The first-order chi connectivity index (χ1) is 9.36. The van der Waals surface area contributed by atoms with E-state index in [4.69, 9.17) is 15.9 Å². The summed E-state index contributed by atoms with van der Waals surface area (Å²) in [4.78, 5) is 0. The third kappa shape index (κ3) is 3.42. The molecule has 3 heteroatoms. The average Bonchev–Trinajstić information content (AvgIpc) is 2.47. The van der Waals surface area contributed by atoms with Crippen LogP contribution < -0.4 is 14.8 Å². The van der Waals surface area contributed by atoms with Crippen LogP contribution in [0.3, 0.4) is 0 Å². The number of para-hydroxylation sites is 1. The van der Waals surface area contributed by atoms with E-state index in [9.17, 15) is 0 Å². The minimum Gasteiger partial charge on any atom is -0.486 e. The molecule has 0 aliphatic carbocycles. The van der Waals surface area contributed by atoms with E-state index >= 15 is 0 Å². The largest absolute Gasteiger partial charge is 0.486 e. The molecule has 1 aliphatic rings. The van der Waals surface area contributed by atoms with E-state index in [0.29, 0.717) is 13.2 Å². The van der Waals surface area contributed by atoms with Crippen molar-refractivity contribution in [3.05, 3.63) is 23.8 Å². The SMILES string of the molecule is C#CCCC(NCCC)c1cccc2c1OCCO2. The summed E-state index contributed by atoms with van der Waals surface area (Å²) in [5, 5.41) is 3.54. The molecule has 2 rings (SSSR count). The number of hydrogen-bond donors (Lipinski definition) is 1. The number of benzene rings is 1. The Morgan fingerprint density at radius 1 is 1.37 bits per heavy atom. The third-order valence-electron chi connectivity index (χ3n) is 3.19. The van der Waals surface area contributed by atoms with Crippen LogP contribution in [0.5, 0.6) is 11.5 Å². The lowest BCUT2D eigenvalue weighted by Crippen LogP contribution is -2.24. The molecule has 3 nitrogen and oxygen atoms in total. The van der Waals surface area contributed by atoms with Gasteiger partial charge >= 0.3 is 0 Å². The van der Waals surface area contributed by atoms with Gasteiger partial charge < -0.3 is 14.8 Å². The Kier molecular flexibility index (Phi) is 5.11. The smallest absolute Gasteiger partial charge is 0.166 e. The summed E-state index contributed by atoms with van der Waals surface area (Å²) in [6.45, 7) is 4.36. The maximum Gasteiger partial charge on any atom is 0.166 e. The van der Waals surface area contributed by atoms with Gasteiger partial charge in [0.25, 0.3) is 0 Å². The lowest BCUT2D eigenvalue weighted by atomic mass is 10.00. The van der Waals surface area contributed by atoms with Crippen molar-refractivity contribution in [3.8, 4) is 23.8 Å². The third-order valence-corrected chi connectivity index (χ3v) is 3.19. The van der Waals surface area contributed by atoms with Crippen LogP contribution in [0.1, 0.15) is 37.8 Å².